The van der Waals surface area contributed by atoms with Crippen LogP contribution in [0.3, 0.4) is 0 Å². The van der Waals surface area contributed by atoms with Crippen molar-refractivity contribution in [2.24, 2.45) is 0 Å². The Bertz CT molecular complexity index is 1070. The number of hydrogen-bond acceptors (Lipinski definition) is 3. The Kier molecular flexibility index (Phi) is 9.93. The molecular formula is C30H39N3. The van der Waals surface area contributed by atoms with Gasteiger partial charge in [-0.25, -0.2) is 0 Å². The second-order valence-corrected chi connectivity index (χ2v) is 8.31. The highest BCUT2D eigenvalue weighted by atomic mass is 14.9. The summed E-state index contributed by atoms with van der Waals surface area (Å²) >= 11 is 0. The lowest BCUT2D eigenvalue weighted by Gasteiger charge is -2.18. The summed E-state index contributed by atoms with van der Waals surface area (Å²) in [6.07, 6.45) is 12.0. The molecule has 0 aliphatic rings. The molecule has 0 fully saturated rings. The van der Waals surface area contributed by atoms with Crippen LogP contribution in [0.25, 0.3) is 22.9 Å². The second-order valence-electron chi connectivity index (χ2n) is 8.31. The molecule has 0 unspecified atom stereocenters. The normalized spacial score (nSPS) is 12.5. The first-order chi connectivity index (χ1) is 15.8. The third-order valence-electron chi connectivity index (χ3n) is 5.78. The summed E-state index contributed by atoms with van der Waals surface area (Å²) in [5.74, 6) is 0. The van der Waals surface area contributed by atoms with Gasteiger partial charge in [0.1, 0.15) is 0 Å². The van der Waals surface area contributed by atoms with Crippen LogP contribution in [0.4, 0.5) is 0 Å². The molecule has 1 aromatic heterocycles. The molecular weight excluding hydrogens is 402 g/mol. The number of hydrogen-bond donors (Lipinski definition) is 2. The zero-order valence-corrected chi connectivity index (χ0v) is 21.2. The van der Waals surface area contributed by atoms with Crippen molar-refractivity contribution in [1.29, 1.82) is 0 Å². The van der Waals surface area contributed by atoms with Crippen molar-refractivity contribution >= 4 is 11.8 Å². The van der Waals surface area contributed by atoms with Crippen molar-refractivity contribution in [2.75, 3.05) is 6.54 Å². The molecule has 3 heteroatoms. The Labute approximate surface area is 200 Å². The quantitative estimate of drug-likeness (QED) is 0.353. The fourth-order valence-electron chi connectivity index (χ4n) is 3.85. The third-order valence-corrected chi connectivity index (χ3v) is 5.78. The minimum atomic E-state index is 0.741. The Morgan fingerprint density at radius 1 is 1.12 bits per heavy atom. The number of benzene rings is 1. The number of pyridine rings is 1. The number of nitrogens with zero attached hydrogens (tertiary/aromatic N) is 1. The van der Waals surface area contributed by atoms with Gasteiger partial charge < -0.3 is 10.6 Å². The molecule has 1 aromatic carbocycles. The van der Waals surface area contributed by atoms with E-state index in [4.69, 9.17) is 0 Å². The van der Waals surface area contributed by atoms with Crippen LogP contribution in [-0.4, -0.2) is 11.5 Å². The molecule has 0 aliphatic carbocycles. The first-order valence-electron chi connectivity index (χ1n) is 11.7. The Morgan fingerprint density at radius 3 is 2.45 bits per heavy atom. The molecule has 0 radical (unpaired) electrons. The van der Waals surface area contributed by atoms with E-state index in [2.05, 4.69) is 106 Å². The number of rotatable bonds is 11. The first kappa shape index (κ1) is 25.9. The molecule has 33 heavy (non-hydrogen) atoms. The van der Waals surface area contributed by atoms with E-state index >= 15 is 0 Å². The Hall–Kier alpha value is -3.33. The van der Waals surface area contributed by atoms with Crippen LogP contribution < -0.4 is 10.6 Å². The molecule has 0 spiro atoms. The maximum absolute atomic E-state index is 4.59. The average molecular weight is 442 g/mol. The maximum Gasteiger partial charge on any atom is 0.0401 e. The summed E-state index contributed by atoms with van der Waals surface area (Å²) in [5.41, 5.74) is 11.5. The average Bonchev–Trinajstić information content (AvgIpc) is 2.82. The van der Waals surface area contributed by atoms with Gasteiger partial charge in [-0.3, -0.25) is 4.98 Å². The van der Waals surface area contributed by atoms with Crippen LogP contribution in [0.5, 0.6) is 0 Å². The lowest BCUT2D eigenvalue weighted by molar-refractivity contribution is 0.925. The minimum Gasteiger partial charge on any atom is -0.381 e. The van der Waals surface area contributed by atoms with Crippen LogP contribution in [0, 0.1) is 6.92 Å². The van der Waals surface area contributed by atoms with E-state index in [-0.39, 0.29) is 0 Å². The van der Waals surface area contributed by atoms with E-state index in [9.17, 15) is 0 Å². The minimum absolute atomic E-state index is 0.741. The lowest BCUT2D eigenvalue weighted by Crippen LogP contribution is -2.16. The van der Waals surface area contributed by atoms with E-state index in [1.54, 1.807) is 6.20 Å². The van der Waals surface area contributed by atoms with Gasteiger partial charge in [0, 0.05) is 41.0 Å². The summed E-state index contributed by atoms with van der Waals surface area (Å²) in [5, 5.41) is 6.72. The molecule has 2 aromatic rings. The molecule has 2 rings (SSSR count). The highest BCUT2D eigenvalue weighted by Crippen LogP contribution is 2.29. The van der Waals surface area contributed by atoms with Crippen LogP contribution in [0.1, 0.15) is 63.4 Å². The van der Waals surface area contributed by atoms with E-state index in [0.717, 1.165) is 53.2 Å². The van der Waals surface area contributed by atoms with Gasteiger partial charge in [-0.15, -0.1) is 0 Å². The SMILES string of the molecule is C=CN/C(C)=C\C(CC)=C(/C)CNC(=C)c1cc(-c2ccc(CC)nc2)cc(C)c1/C=C\C. The van der Waals surface area contributed by atoms with Crippen molar-refractivity contribution in [3.05, 3.63) is 101 Å². The molecule has 2 N–H and O–H groups in total. The molecule has 3 nitrogen and oxygen atoms in total. The number of aromatic nitrogens is 1. The van der Waals surface area contributed by atoms with Crippen LogP contribution in [-0.2, 0) is 6.42 Å². The molecule has 0 saturated heterocycles. The van der Waals surface area contributed by atoms with Gasteiger partial charge in [0.25, 0.3) is 0 Å². The fraction of sp³-hybridized carbons (Fsp3) is 0.300. The molecule has 0 saturated carbocycles. The van der Waals surface area contributed by atoms with Crippen molar-refractivity contribution in [1.82, 2.24) is 15.6 Å². The third kappa shape index (κ3) is 7.08. The topological polar surface area (TPSA) is 37.0 Å². The van der Waals surface area contributed by atoms with Crippen LogP contribution in [0.2, 0.25) is 0 Å². The van der Waals surface area contributed by atoms with Gasteiger partial charge in [0.2, 0.25) is 0 Å². The molecule has 174 valence electrons. The Balaban J connectivity index is 2.37. The van der Waals surface area contributed by atoms with Crippen LogP contribution in [0.15, 0.2) is 78.8 Å². The Morgan fingerprint density at radius 2 is 1.88 bits per heavy atom. The van der Waals surface area contributed by atoms with Crippen molar-refractivity contribution in [3.63, 3.8) is 0 Å². The summed E-state index contributed by atoms with van der Waals surface area (Å²) in [4.78, 5) is 4.59. The molecule has 1 heterocycles. The van der Waals surface area contributed by atoms with E-state index in [1.165, 1.54) is 22.3 Å². The number of aryl methyl sites for hydroxylation is 2. The maximum atomic E-state index is 4.59. The highest BCUT2D eigenvalue weighted by Gasteiger charge is 2.11. The van der Waals surface area contributed by atoms with Gasteiger partial charge in [-0.05, 0) is 87.2 Å². The molecule has 0 bridgehead atoms. The summed E-state index contributed by atoms with van der Waals surface area (Å²) in [7, 11) is 0. The summed E-state index contributed by atoms with van der Waals surface area (Å²) in [6.45, 7) is 21.6. The smallest absolute Gasteiger partial charge is 0.0401 e. The van der Waals surface area contributed by atoms with Gasteiger partial charge >= 0.3 is 0 Å². The standard InChI is InChI=1S/C30H39N3/c1-9-13-29-21(5)16-27(26-14-15-28(11-3)33-20-26)18-30(29)24(8)32-19-22(6)25(10-2)17-23(7)31-12-4/h9,12-18,20,31-32H,4,8,10-11,19H2,1-3,5-7H3/b13-9-,23-17-,25-22+. The van der Waals surface area contributed by atoms with E-state index in [0.29, 0.717) is 0 Å². The summed E-state index contributed by atoms with van der Waals surface area (Å²) < 4.78 is 0. The predicted molar refractivity (Wildman–Crippen MR) is 146 cm³/mol. The largest absolute Gasteiger partial charge is 0.381 e. The molecule has 0 aliphatic heterocycles. The van der Waals surface area contributed by atoms with Crippen LogP contribution >= 0.6 is 0 Å². The number of nitrogens with one attached hydrogen (secondary N) is 2. The highest BCUT2D eigenvalue weighted by molar-refractivity contribution is 5.79. The van der Waals surface area contributed by atoms with Gasteiger partial charge in [0.05, 0.1) is 0 Å². The lowest BCUT2D eigenvalue weighted by atomic mass is 9.93. The van der Waals surface area contributed by atoms with Gasteiger partial charge in [-0.1, -0.05) is 56.9 Å². The monoisotopic (exact) mass is 441 g/mol. The predicted octanol–water partition coefficient (Wildman–Crippen LogP) is 7.58. The van der Waals surface area contributed by atoms with Crippen molar-refractivity contribution in [2.45, 2.75) is 54.4 Å². The van der Waals surface area contributed by atoms with Gasteiger partial charge in [0.15, 0.2) is 0 Å². The van der Waals surface area contributed by atoms with Crippen molar-refractivity contribution in [3.8, 4) is 11.1 Å². The molecule has 0 amide bonds. The second kappa shape index (κ2) is 12.6. The van der Waals surface area contributed by atoms with Crippen molar-refractivity contribution < 1.29 is 0 Å². The zero-order chi connectivity index (χ0) is 24.4. The molecule has 0 atom stereocenters. The first-order valence-corrected chi connectivity index (χ1v) is 11.7. The van der Waals surface area contributed by atoms with E-state index in [1.807, 2.05) is 13.1 Å². The summed E-state index contributed by atoms with van der Waals surface area (Å²) in [6, 6.07) is 8.71. The van der Waals surface area contributed by atoms with E-state index < -0.39 is 0 Å². The number of allylic oxidation sites excluding steroid dienone is 4. The fourth-order valence-corrected chi connectivity index (χ4v) is 3.85. The van der Waals surface area contributed by atoms with Gasteiger partial charge in [-0.2, -0.15) is 0 Å². The zero-order valence-electron chi connectivity index (χ0n) is 21.2.